The third-order valence-corrected chi connectivity index (χ3v) is 5.50. The first-order valence-corrected chi connectivity index (χ1v) is 9.02. The van der Waals surface area contributed by atoms with Gasteiger partial charge in [-0.3, -0.25) is 0 Å². The van der Waals surface area contributed by atoms with Crippen LogP contribution in [0.3, 0.4) is 0 Å². The summed E-state index contributed by atoms with van der Waals surface area (Å²) in [6.45, 7) is 0.202. The van der Waals surface area contributed by atoms with Gasteiger partial charge >= 0.3 is 0 Å². The summed E-state index contributed by atoms with van der Waals surface area (Å²) in [6, 6.07) is 8.21. The Kier molecular flexibility index (Phi) is 4.67. The topological polar surface area (TPSA) is 64.6 Å². The van der Waals surface area contributed by atoms with E-state index in [-0.39, 0.29) is 16.5 Å². The molecule has 0 aliphatic carbocycles. The van der Waals surface area contributed by atoms with Crippen LogP contribution >= 0.6 is 11.6 Å². The average Bonchev–Trinajstić information content (AvgIpc) is 2.56. The first-order valence-electron chi connectivity index (χ1n) is 7.16. The molecular formula is C16H15ClFNO4S. The number of hydrogen-bond donors (Lipinski definition) is 1. The molecule has 8 heteroatoms. The third kappa shape index (κ3) is 3.48. The van der Waals surface area contributed by atoms with Crippen molar-refractivity contribution < 1.29 is 22.3 Å². The molecule has 0 spiro atoms. The summed E-state index contributed by atoms with van der Waals surface area (Å²) in [5.74, 6) is 0.708. The fourth-order valence-electron chi connectivity index (χ4n) is 2.51. The van der Waals surface area contributed by atoms with Crippen LogP contribution < -0.4 is 14.2 Å². The van der Waals surface area contributed by atoms with E-state index in [1.165, 1.54) is 6.07 Å². The van der Waals surface area contributed by atoms with E-state index >= 15 is 0 Å². The molecule has 1 N–H and O–H groups in total. The molecule has 1 aliphatic rings. The molecule has 0 fully saturated rings. The molecule has 1 atom stereocenters. The lowest BCUT2D eigenvalue weighted by atomic mass is 10.0. The Labute approximate surface area is 144 Å². The van der Waals surface area contributed by atoms with E-state index in [1.807, 2.05) is 6.07 Å². The van der Waals surface area contributed by atoms with Crippen molar-refractivity contribution in [1.29, 1.82) is 0 Å². The Bertz CT molecular complexity index is 872. The third-order valence-electron chi connectivity index (χ3n) is 3.70. The summed E-state index contributed by atoms with van der Waals surface area (Å²) in [6.07, 6.45) is 0.459. The van der Waals surface area contributed by atoms with Gasteiger partial charge in [-0.15, -0.1) is 0 Å². The summed E-state index contributed by atoms with van der Waals surface area (Å²) in [5, 5.41) is -0.243. The van der Waals surface area contributed by atoms with Crippen LogP contribution in [0.2, 0.25) is 5.02 Å². The monoisotopic (exact) mass is 371 g/mol. The molecule has 2 aromatic carbocycles. The van der Waals surface area contributed by atoms with Crippen molar-refractivity contribution in [1.82, 2.24) is 4.72 Å². The highest BCUT2D eigenvalue weighted by Gasteiger charge is 2.26. The Morgan fingerprint density at radius 1 is 1.29 bits per heavy atom. The Morgan fingerprint density at radius 2 is 2.08 bits per heavy atom. The summed E-state index contributed by atoms with van der Waals surface area (Å²) in [7, 11) is -2.27. The number of sulfonamides is 1. The van der Waals surface area contributed by atoms with E-state index < -0.39 is 21.9 Å². The van der Waals surface area contributed by atoms with Crippen molar-refractivity contribution in [3.63, 3.8) is 0 Å². The first kappa shape index (κ1) is 17.0. The number of halogens is 2. The van der Waals surface area contributed by atoms with Crippen molar-refractivity contribution in [2.45, 2.75) is 17.4 Å². The molecule has 0 saturated carbocycles. The molecule has 0 aromatic heterocycles. The second-order valence-electron chi connectivity index (χ2n) is 5.38. The number of hydrogen-bond acceptors (Lipinski definition) is 4. The number of methoxy groups -OCH3 is 1. The minimum Gasteiger partial charge on any atom is -0.497 e. The quantitative estimate of drug-likeness (QED) is 0.897. The van der Waals surface area contributed by atoms with E-state index in [1.54, 1.807) is 19.2 Å². The van der Waals surface area contributed by atoms with Crippen LogP contribution in [0.25, 0.3) is 0 Å². The summed E-state index contributed by atoms with van der Waals surface area (Å²) >= 11 is 5.66. The Hall–Kier alpha value is -1.83. The molecule has 0 unspecified atom stereocenters. The van der Waals surface area contributed by atoms with Crippen molar-refractivity contribution in [3.8, 4) is 11.5 Å². The van der Waals surface area contributed by atoms with E-state index in [4.69, 9.17) is 21.1 Å². The molecule has 3 rings (SSSR count). The van der Waals surface area contributed by atoms with Gasteiger partial charge in [0.2, 0.25) is 10.0 Å². The fraction of sp³-hybridized carbons (Fsp3) is 0.250. The van der Waals surface area contributed by atoms with E-state index in [9.17, 15) is 12.8 Å². The molecule has 5 nitrogen and oxygen atoms in total. The molecule has 2 aromatic rings. The number of nitrogens with one attached hydrogen (secondary N) is 1. The van der Waals surface area contributed by atoms with Crippen LogP contribution in [-0.2, 0) is 16.4 Å². The largest absolute Gasteiger partial charge is 0.497 e. The van der Waals surface area contributed by atoms with Gasteiger partial charge in [-0.1, -0.05) is 11.6 Å². The second-order valence-corrected chi connectivity index (χ2v) is 7.50. The van der Waals surface area contributed by atoms with Gasteiger partial charge in [0.15, 0.2) is 0 Å². The minimum atomic E-state index is -3.83. The molecule has 0 radical (unpaired) electrons. The van der Waals surface area contributed by atoms with Crippen LogP contribution in [0, 0.1) is 5.82 Å². The highest BCUT2D eigenvalue weighted by atomic mass is 35.5. The highest BCUT2D eigenvalue weighted by molar-refractivity contribution is 7.89. The number of benzene rings is 2. The lowest BCUT2D eigenvalue weighted by molar-refractivity contribution is 0.253. The van der Waals surface area contributed by atoms with E-state index in [2.05, 4.69) is 4.72 Å². The van der Waals surface area contributed by atoms with Gasteiger partial charge in [-0.25, -0.2) is 17.5 Å². The van der Waals surface area contributed by atoms with Crippen molar-refractivity contribution in [3.05, 3.63) is 52.8 Å². The first-order chi connectivity index (χ1) is 11.4. The predicted molar refractivity (Wildman–Crippen MR) is 87.7 cm³/mol. The maximum Gasteiger partial charge on any atom is 0.241 e. The second kappa shape index (κ2) is 6.58. The van der Waals surface area contributed by atoms with Gasteiger partial charge in [-0.2, -0.15) is 0 Å². The summed E-state index contributed by atoms with van der Waals surface area (Å²) in [4.78, 5) is -0.0923. The Balaban J connectivity index is 1.79. The number of rotatable bonds is 4. The molecule has 1 heterocycles. The smallest absolute Gasteiger partial charge is 0.241 e. The van der Waals surface area contributed by atoms with Crippen molar-refractivity contribution in [2.24, 2.45) is 0 Å². The number of ether oxygens (including phenoxy) is 2. The molecule has 0 bridgehead atoms. The van der Waals surface area contributed by atoms with Crippen LogP contribution in [0.15, 0.2) is 41.3 Å². The zero-order chi connectivity index (χ0) is 17.3. The normalized spacial score (nSPS) is 17.0. The molecule has 128 valence electrons. The maximum absolute atomic E-state index is 13.2. The van der Waals surface area contributed by atoms with Gasteiger partial charge in [0.25, 0.3) is 0 Å². The van der Waals surface area contributed by atoms with Crippen LogP contribution in [0.4, 0.5) is 4.39 Å². The van der Waals surface area contributed by atoms with Crippen molar-refractivity contribution >= 4 is 21.6 Å². The summed E-state index contributed by atoms with van der Waals surface area (Å²) in [5.41, 5.74) is 0.852. The van der Waals surface area contributed by atoms with Crippen LogP contribution in [-0.4, -0.2) is 28.2 Å². The Morgan fingerprint density at radius 3 is 2.79 bits per heavy atom. The molecular weight excluding hydrogens is 357 g/mol. The van der Waals surface area contributed by atoms with Gasteiger partial charge in [-0.05, 0) is 48.4 Å². The fourth-order valence-corrected chi connectivity index (χ4v) is 4.00. The highest BCUT2D eigenvalue weighted by Crippen LogP contribution is 2.29. The SMILES string of the molecule is COc1ccc2c(c1)C[C@H](NS(=O)(=O)c1ccc(F)c(Cl)c1)CO2. The minimum absolute atomic E-state index is 0.0923. The lowest BCUT2D eigenvalue weighted by Crippen LogP contribution is -2.42. The van der Waals surface area contributed by atoms with Gasteiger partial charge in [0, 0.05) is 0 Å². The van der Waals surface area contributed by atoms with Gasteiger partial charge < -0.3 is 9.47 Å². The zero-order valence-electron chi connectivity index (χ0n) is 12.8. The molecule has 24 heavy (non-hydrogen) atoms. The molecule has 0 saturated heterocycles. The molecule has 0 amide bonds. The zero-order valence-corrected chi connectivity index (χ0v) is 14.3. The van der Waals surface area contributed by atoms with E-state index in [0.717, 1.165) is 17.7 Å². The number of fused-ring (bicyclic) bond motifs is 1. The van der Waals surface area contributed by atoms with E-state index in [0.29, 0.717) is 17.9 Å². The van der Waals surface area contributed by atoms with Gasteiger partial charge in [0.05, 0.1) is 23.1 Å². The van der Waals surface area contributed by atoms with Gasteiger partial charge in [0.1, 0.15) is 23.9 Å². The maximum atomic E-state index is 13.2. The summed E-state index contributed by atoms with van der Waals surface area (Å²) < 4.78 is 51.4. The lowest BCUT2D eigenvalue weighted by Gasteiger charge is -2.26. The van der Waals surface area contributed by atoms with Crippen LogP contribution in [0.5, 0.6) is 11.5 Å². The molecule has 1 aliphatic heterocycles. The standard InChI is InChI=1S/C16H15ClFNO4S/c1-22-12-2-5-16-10(7-12)6-11(9-23-16)19-24(20,21)13-3-4-15(18)14(17)8-13/h2-5,7-8,11,19H,6,9H2,1H3/t11-/m0/s1. The van der Waals surface area contributed by atoms with Crippen LogP contribution in [0.1, 0.15) is 5.56 Å². The average molecular weight is 372 g/mol. The van der Waals surface area contributed by atoms with Crippen molar-refractivity contribution in [2.75, 3.05) is 13.7 Å². The predicted octanol–water partition coefficient (Wildman–Crippen LogP) is 2.77.